The number of likely N-dealkylation sites (tertiary alicyclic amines) is 1. The highest BCUT2D eigenvalue weighted by atomic mass is 15.1. The fraction of sp³-hybridized carbons (Fsp3) is 0.846. The van der Waals surface area contributed by atoms with E-state index in [1.54, 1.807) is 0 Å². The van der Waals surface area contributed by atoms with Gasteiger partial charge in [0, 0.05) is 13.1 Å². The molecule has 1 saturated heterocycles. The molecular weight excluding hydrogens is 482 g/mol. The standard InChI is InChI=1S/C39H73N/c1-6-8-10-11-12-13-14-15-16-17-19-22-25-29-33-39(36-40(5)35-38(39)4)34-30-26-23-20-18-21-24-28-32-37(3)31-27-9-7-2/h12-15,24,28,37-38H,6-11,16-23,25-27,29-36H2,1-5H3/b13-12+,15-14+,28-24+. The first kappa shape index (κ1) is 37.2. The molecule has 40 heavy (non-hydrogen) atoms. The molecule has 1 aliphatic rings. The number of hydrogen-bond acceptors (Lipinski definition) is 1. The van der Waals surface area contributed by atoms with E-state index >= 15 is 0 Å². The summed E-state index contributed by atoms with van der Waals surface area (Å²) >= 11 is 0. The van der Waals surface area contributed by atoms with Crippen LogP contribution in [0.2, 0.25) is 0 Å². The van der Waals surface area contributed by atoms with E-state index in [1.807, 2.05) is 0 Å². The maximum Gasteiger partial charge on any atom is 0.00381 e. The van der Waals surface area contributed by atoms with Crippen molar-refractivity contribution in [3.8, 4) is 0 Å². The smallest absolute Gasteiger partial charge is 0.00381 e. The monoisotopic (exact) mass is 556 g/mol. The summed E-state index contributed by atoms with van der Waals surface area (Å²) in [4.78, 5) is 2.62. The Morgan fingerprint density at radius 3 is 1.70 bits per heavy atom. The summed E-state index contributed by atoms with van der Waals surface area (Å²) in [5.74, 6) is 1.74. The molecule has 1 rings (SSSR count). The quantitative estimate of drug-likeness (QED) is 0.0553. The lowest BCUT2D eigenvalue weighted by molar-refractivity contribution is 0.178. The van der Waals surface area contributed by atoms with Gasteiger partial charge in [-0.2, -0.15) is 0 Å². The fourth-order valence-electron chi connectivity index (χ4n) is 6.90. The van der Waals surface area contributed by atoms with Crippen LogP contribution in [0.3, 0.4) is 0 Å². The summed E-state index contributed by atoms with van der Waals surface area (Å²) in [6.07, 6.45) is 45.9. The van der Waals surface area contributed by atoms with Crippen LogP contribution < -0.4 is 0 Å². The van der Waals surface area contributed by atoms with Gasteiger partial charge in [0.25, 0.3) is 0 Å². The van der Waals surface area contributed by atoms with Crippen molar-refractivity contribution in [2.45, 2.75) is 175 Å². The summed E-state index contributed by atoms with van der Waals surface area (Å²) in [6, 6.07) is 0. The number of nitrogens with zero attached hydrogens (tertiary/aromatic N) is 1. The van der Waals surface area contributed by atoms with Gasteiger partial charge >= 0.3 is 0 Å². The lowest BCUT2D eigenvalue weighted by atomic mass is 9.71. The molecule has 1 aliphatic heterocycles. The minimum Gasteiger partial charge on any atom is -0.306 e. The molecule has 0 bridgehead atoms. The van der Waals surface area contributed by atoms with Crippen LogP contribution in [-0.4, -0.2) is 25.0 Å². The second-order valence-corrected chi connectivity index (χ2v) is 13.7. The van der Waals surface area contributed by atoms with Gasteiger partial charge in [-0.25, -0.2) is 0 Å². The predicted molar refractivity (Wildman–Crippen MR) is 183 cm³/mol. The average Bonchev–Trinajstić information content (AvgIpc) is 3.22. The van der Waals surface area contributed by atoms with Crippen LogP contribution in [0.1, 0.15) is 175 Å². The SMILES string of the molecule is CCCCC/C=C/C=C/CCCCCCCC1(CCCCCCC/C=C/CC(C)CCCCC)CN(C)CC1C. The molecule has 1 heteroatoms. The van der Waals surface area contributed by atoms with Gasteiger partial charge < -0.3 is 4.90 Å². The van der Waals surface area contributed by atoms with E-state index in [1.165, 1.54) is 161 Å². The van der Waals surface area contributed by atoms with Crippen LogP contribution in [0.4, 0.5) is 0 Å². The van der Waals surface area contributed by atoms with Crippen LogP contribution in [0, 0.1) is 17.3 Å². The maximum atomic E-state index is 2.62. The fourth-order valence-corrected chi connectivity index (χ4v) is 6.90. The first-order valence-corrected chi connectivity index (χ1v) is 18.2. The molecule has 0 N–H and O–H groups in total. The van der Waals surface area contributed by atoms with Gasteiger partial charge in [0.05, 0.1) is 0 Å². The van der Waals surface area contributed by atoms with E-state index in [4.69, 9.17) is 0 Å². The Hall–Kier alpha value is -0.820. The number of allylic oxidation sites excluding steroid dienone is 6. The molecule has 0 aromatic rings. The van der Waals surface area contributed by atoms with Crippen molar-refractivity contribution in [3.05, 3.63) is 36.5 Å². The summed E-state index contributed by atoms with van der Waals surface area (Å²) in [7, 11) is 2.35. The molecule has 3 atom stereocenters. The highest BCUT2D eigenvalue weighted by Gasteiger charge is 2.41. The van der Waals surface area contributed by atoms with Gasteiger partial charge in [-0.05, 0) is 82.1 Å². The van der Waals surface area contributed by atoms with Gasteiger partial charge in [-0.15, -0.1) is 0 Å². The molecule has 0 saturated carbocycles. The van der Waals surface area contributed by atoms with Crippen molar-refractivity contribution in [1.82, 2.24) is 4.90 Å². The summed E-state index contributed by atoms with van der Waals surface area (Å²) in [6.45, 7) is 12.2. The highest BCUT2D eigenvalue weighted by molar-refractivity contribution is 5.02. The lowest BCUT2D eigenvalue weighted by Crippen LogP contribution is -2.29. The lowest BCUT2D eigenvalue weighted by Gasteiger charge is -2.34. The molecular formula is C39H73N. The second kappa shape index (κ2) is 25.9. The molecule has 1 heterocycles. The largest absolute Gasteiger partial charge is 0.306 e. The summed E-state index contributed by atoms with van der Waals surface area (Å²) in [5.41, 5.74) is 0.595. The minimum atomic E-state index is 0.595. The Kier molecular flexibility index (Phi) is 24.0. The van der Waals surface area contributed by atoms with Gasteiger partial charge in [0.15, 0.2) is 0 Å². The number of unbranched alkanes of at least 4 members (excludes halogenated alkanes) is 15. The Morgan fingerprint density at radius 2 is 1.15 bits per heavy atom. The Balaban J connectivity index is 2.12. The van der Waals surface area contributed by atoms with E-state index in [-0.39, 0.29) is 0 Å². The third-order valence-corrected chi connectivity index (χ3v) is 9.67. The van der Waals surface area contributed by atoms with E-state index in [2.05, 4.69) is 76.1 Å². The number of hydrogen-bond donors (Lipinski definition) is 0. The van der Waals surface area contributed by atoms with Crippen molar-refractivity contribution in [2.75, 3.05) is 20.1 Å². The van der Waals surface area contributed by atoms with Crippen molar-refractivity contribution in [3.63, 3.8) is 0 Å². The minimum absolute atomic E-state index is 0.595. The topological polar surface area (TPSA) is 3.24 Å². The van der Waals surface area contributed by atoms with Crippen LogP contribution in [0.15, 0.2) is 36.5 Å². The maximum absolute atomic E-state index is 2.62. The first-order chi connectivity index (χ1) is 19.5. The Labute approximate surface area is 253 Å². The highest BCUT2D eigenvalue weighted by Crippen LogP contribution is 2.44. The predicted octanol–water partition coefficient (Wildman–Crippen LogP) is 12.9. The molecule has 1 nitrogen and oxygen atoms in total. The van der Waals surface area contributed by atoms with E-state index in [0.717, 1.165) is 11.8 Å². The van der Waals surface area contributed by atoms with Crippen LogP contribution >= 0.6 is 0 Å². The van der Waals surface area contributed by atoms with Gasteiger partial charge in [-0.1, -0.05) is 154 Å². The second-order valence-electron chi connectivity index (χ2n) is 13.7. The third-order valence-electron chi connectivity index (χ3n) is 9.67. The molecule has 234 valence electrons. The van der Waals surface area contributed by atoms with Gasteiger partial charge in [-0.3, -0.25) is 0 Å². The summed E-state index contributed by atoms with van der Waals surface area (Å²) < 4.78 is 0. The van der Waals surface area contributed by atoms with Crippen molar-refractivity contribution in [1.29, 1.82) is 0 Å². The molecule has 1 fully saturated rings. The Morgan fingerprint density at radius 1 is 0.650 bits per heavy atom. The Bertz CT molecular complexity index is 631. The average molecular weight is 556 g/mol. The first-order valence-electron chi connectivity index (χ1n) is 18.2. The molecule has 0 aromatic carbocycles. The van der Waals surface area contributed by atoms with Crippen molar-refractivity contribution < 1.29 is 0 Å². The van der Waals surface area contributed by atoms with Crippen LogP contribution in [-0.2, 0) is 0 Å². The van der Waals surface area contributed by atoms with Crippen molar-refractivity contribution >= 4 is 0 Å². The van der Waals surface area contributed by atoms with Gasteiger partial charge in [0.1, 0.15) is 0 Å². The number of rotatable bonds is 27. The van der Waals surface area contributed by atoms with E-state index in [9.17, 15) is 0 Å². The molecule has 3 unspecified atom stereocenters. The van der Waals surface area contributed by atoms with Gasteiger partial charge in [0.2, 0.25) is 0 Å². The molecule has 0 aliphatic carbocycles. The zero-order chi connectivity index (χ0) is 29.2. The zero-order valence-corrected chi connectivity index (χ0v) is 28.2. The summed E-state index contributed by atoms with van der Waals surface area (Å²) in [5, 5.41) is 0. The molecule has 0 aromatic heterocycles. The van der Waals surface area contributed by atoms with Crippen LogP contribution in [0.5, 0.6) is 0 Å². The molecule has 0 spiro atoms. The normalized spacial score (nSPS) is 21.1. The van der Waals surface area contributed by atoms with E-state index < -0.39 is 0 Å². The molecule has 0 amide bonds. The van der Waals surface area contributed by atoms with E-state index in [0.29, 0.717) is 5.41 Å². The molecule has 0 radical (unpaired) electrons. The van der Waals surface area contributed by atoms with Crippen LogP contribution in [0.25, 0.3) is 0 Å². The zero-order valence-electron chi connectivity index (χ0n) is 28.2. The third kappa shape index (κ3) is 19.3. The van der Waals surface area contributed by atoms with Crippen molar-refractivity contribution in [2.24, 2.45) is 17.3 Å².